The monoisotopic (exact) mass is 362 g/mol. The third kappa shape index (κ3) is 6.64. The molecule has 0 spiro atoms. The van der Waals surface area contributed by atoms with Crippen molar-refractivity contribution in [3.05, 3.63) is 77.6 Å². The predicted octanol–water partition coefficient (Wildman–Crippen LogP) is 6.02. The van der Waals surface area contributed by atoms with Crippen LogP contribution >= 0.6 is 0 Å². The van der Waals surface area contributed by atoms with Crippen LogP contribution in [0.25, 0.3) is 0 Å². The van der Waals surface area contributed by atoms with E-state index in [1.54, 1.807) is 0 Å². The molecule has 26 heavy (non-hydrogen) atoms. The van der Waals surface area contributed by atoms with E-state index in [2.05, 4.69) is 23.2 Å². The van der Waals surface area contributed by atoms with Gasteiger partial charge in [0, 0.05) is 11.1 Å². The minimum atomic E-state index is -4.93. The molecule has 2 aromatic carbocycles. The summed E-state index contributed by atoms with van der Waals surface area (Å²) in [6.45, 7) is 3.69. The van der Waals surface area contributed by atoms with Gasteiger partial charge in [0.15, 0.2) is 11.6 Å². The molecule has 0 unspecified atom stereocenters. The molecule has 1 nitrogen and oxygen atoms in total. The van der Waals surface area contributed by atoms with E-state index in [1.807, 2.05) is 30.3 Å². The zero-order valence-electron chi connectivity index (χ0n) is 14.1. The topological polar surface area (TPSA) is 9.23 Å². The lowest BCUT2D eigenvalue weighted by Gasteiger charge is -2.09. The van der Waals surface area contributed by atoms with Crippen LogP contribution in [-0.4, -0.2) is 6.36 Å². The molecule has 136 valence electrons. The maximum Gasteiger partial charge on any atom is 0.573 e. The first-order chi connectivity index (χ1) is 12.4. The maximum atomic E-state index is 13.6. The Bertz CT molecular complexity index is 795. The van der Waals surface area contributed by atoms with E-state index < -0.39 is 17.9 Å². The average Bonchev–Trinajstić information content (AvgIpc) is 2.59. The van der Waals surface area contributed by atoms with E-state index in [9.17, 15) is 17.6 Å². The lowest BCUT2D eigenvalue weighted by atomic mass is 10.1. The molecule has 0 fully saturated rings. The van der Waals surface area contributed by atoms with Gasteiger partial charge in [-0.15, -0.1) is 19.8 Å². The smallest absolute Gasteiger partial charge is 0.403 e. The van der Waals surface area contributed by atoms with Crippen molar-refractivity contribution in [1.29, 1.82) is 0 Å². The number of aryl methyl sites for hydroxylation is 1. The largest absolute Gasteiger partial charge is 0.573 e. The Hall–Kier alpha value is -2.74. The van der Waals surface area contributed by atoms with E-state index in [0.717, 1.165) is 43.4 Å². The maximum absolute atomic E-state index is 13.6. The lowest BCUT2D eigenvalue weighted by molar-refractivity contribution is -0.275. The summed E-state index contributed by atoms with van der Waals surface area (Å²) in [7, 11) is 0. The third-order valence-electron chi connectivity index (χ3n) is 3.59. The summed E-state index contributed by atoms with van der Waals surface area (Å²) in [5.74, 6) is 3.62. The van der Waals surface area contributed by atoms with Crippen LogP contribution in [0.15, 0.2) is 55.1 Å². The summed E-state index contributed by atoms with van der Waals surface area (Å²) in [4.78, 5) is 0. The van der Waals surface area contributed by atoms with E-state index in [4.69, 9.17) is 0 Å². The molecule has 0 radical (unpaired) electrons. The Morgan fingerprint density at radius 2 is 1.62 bits per heavy atom. The van der Waals surface area contributed by atoms with Crippen molar-refractivity contribution in [2.24, 2.45) is 0 Å². The number of rotatable bonds is 6. The number of halogens is 4. The summed E-state index contributed by atoms with van der Waals surface area (Å²) < 4.78 is 53.6. The molecule has 2 rings (SSSR count). The van der Waals surface area contributed by atoms with Crippen molar-refractivity contribution in [3.8, 4) is 17.6 Å². The minimum absolute atomic E-state index is 0.269. The Morgan fingerprint density at radius 1 is 0.962 bits per heavy atom. The molecule has 0 heterocycles. The summed E-state index contributed by atoms with van der Waals surface area (Å²) >= 11 is 0. The zero-order valence-corrected chi connectivity index (χ0v) is 14.1. The number of hydrogen-bond donors (Lipinski definition) is 0. The molecule has 0 saturated carbocycles. The molecule has 0 aliphatic heterocycles. The second-order valence-electron chi connectivity index (χ2n) is 5.67. The van der Waals surface area contributed by atoms with Crippen LogP contribution in [0.4, 0.5) is 17.6 Å². The van der Waals surface area contributed by atoms with Gasteiger partial charge in [-0.1, -0.05) is 30.0 Å². The molecule has 0 aliphatic rings. The van der Waals surface area contributed by atoms with Gasteiger partial charge in [-0.25, -0.2) is 4.39 Å². The van der Waals surface area contributed by atoms with Crippen molar-refractivity contribution in [1.82, 2.24) is 0 Å². The fourth-order valence-electron chi connectivity index (χ4n) is 2.30. The molecule has 0 bridgehead atoms. The molecular formula is C21H18F4O. The van der Waals surface area contributed by atoms with E-state index >= 15 is 0 Å². The highest BCUT2D eigenvalue weighted by atomic mass is 19.4. The number of ether oxygens (including phenoxy) is 1. The van der Waals surface area contributed by atoms with Crippen molar-refractivity contribution < 1.29 is 22.3 Å². The second kappa shape index (κ2) is 9.10. The van der Waals surface area contributed by atoms with Gasteiger partial charge in [0.05, 0.1) is 0 Å². The standard InChI is InChI=1S/C21H18F4O/c1-2-3-4-5-6-16-7-9-17(10-8-16)11-12-18-13-14-20(19(22)15-18)26-21(23,24)25/h2,7-10,13-15H,1,3-6H2. The molecule has 0 amide bonds. The van der Waals surface area contributed by atoms with Crippen molar-refractivity contribution in [2.75, 3.05) is 0 Å². The zero-order chi connectivity index (χ0) is 19.0. The number of hydrogen-bond acceptors (Lipinski definition) is 1. The van der Waals surface area contributed by atoms with Crippen molar-refractivity contribution >= 4 is 0 Å². The predicted molar refractivity (Wildman–Crippen MR) is 93.3 cm³/mol. The van der Waals surface area contributed by atoms with E-state index in [1.165, 1.54) is 11.6 Å². The molecular weight excluding hydrogens is 344 g/mol. The van der Waals surface area contributed by atoms with Crippen LogP contribution in [0.5, 0.6) is 5.75 Å². The van der Waals surface area contributed by atoms with Crippen LogP contribution in [0.3, 0.4) is 0 Å². The normalized spacial score (nSPS) is 10.8. The van der Waals surface area contributed by atoms with Crippen LogP contribution in [0.1, 0.15) is 36.0 Å². The van der Waals surface area contributed by atoms with Gasteiger partial charge in [-0.2, -0.15) is 0 Å². The Labute approximate surface area is 150 Å². The third-order valence-corrected chi connectivity index (χ3v) is 3.59. The highest BCUT2D eigenvalue weighted by Crippen LogP contribution is 2.25. The molecule has 0 aliphatic carbocycles. The first-order valence-electron chi connectivity index (χ1n) is 8.14. The second-order valence-corrected chi connectivity index (χ2v) is 5.67. The summed E-state index contributed by atoms with van der Waals surface area (Å²) in [5.41, 5.74) is 2.22. The average molecular weight is 362 g/mol. The molecule has 0 N–H and O–H groups in total. The number of alkyl halides is 3. The van der Waals surface area contributed by atoms with Gasteiger partial charge in [-0.3, -0.25) is 0 Å². The molecule has 0 aromatic heterocycles. The molecule has 0 atom stereocenters. The number of unbranched alkanes of at least 4 members (excludes halogenated alkanes) is 2. The van der Waals surface area contributed by atoms with Gasteiger partial charge in [0.1, 0.15) is 0 Å². The fourth-order valence-corrected chi connectivity index (χ4v) is 2.30. The molecule has 5 heteroatoms. The summed E-state index contributed by atoms with van der Waals surface area (Å²) in [6, 6.07) is 10.8. The van der Waals surface area contributed by atoms with Crippen LogP contribution < -0.4 is 4.74 Å². The van der Waals surface area contributed by atoms with Crippen molar-refractivity contribution in [2.45, 2.75) is 32.0 Å². The fraction of sp³-hybridized carbons (Fsp3) is 0.238. The van der Waals surface area contributed by atoms with Crippen molar-refractivity contribution in [3.63, 3.8) is 0 Å². The molecule has 2 aromatic rings. The Kier molecular flexibility index (Phi) is 6.85. The number of allylic oxidation sites excluding steroid dienone is 1. The highest BCUT2D eigenvalue weighted by Gasteiger charge is 2.32. The van der Waals surface area contributed by atoms with Crippen LogP contribution in [0.2, 0.25) is 0 Å². The highest BCUT2D eigenvalue weighted by molar-refractivity contribution is 5.45. The van der Waals surface area contributed by atoms with Crippen LogP contribution in [-0.2, 0) is 6.42 Å². The first kappa shape index (κ1) is 19.6. The van der Waals surface area contributed by atoms with Gasteiger partial charge in [0.2, 0.25) is 0 Å². The quantitative estimate of drug-likeness (QED) is 0.264. The Morgan fingerprint density at radius 3 is 2.23 bits per heavy atom. The first-order valence-corrected chi connectivity index (χ1v) is 8.14. The summed E-state index contributed by atoms with van der Waals surface area (Å²) in [5, 5.41) is 0. The minimum Gasteiger partial charge on any atom is -0.403 e. The van der Waals surface area contributed by atoms with E-state index in [0.29, 0.717) is 0 Å². The number of benzene rings is 2. The van der Waals surface area contributed by atoms with Gasteiger partial charge in [-0.05, 0) is 61.6 Å². The van der Waals surface area contributed by atoms with Gasteiger partial charge in [0.25, 0.3) is 0 Å². The van der Waals surface area contributed by atoms with Gasteiger partial charge >= 0.3 is 6.36 Å². The van der Waals surface area contributed by atoms with Crippen LogP contribution in [0, 0.1) is 17.7 Å². The Balaban J connectivity index is 2.00. The van der Waals surface area contributed by atoms with E-state index in [-0.39, 0.29) is 5.56 Å². The SMILES string of the molecule is C=CCCCCc1ccc(C#Cc2ccc(OC(F)(F)F)c(F)c2)cc1. The molecule has 0 saturated heterocycles. The summed E-state index contributed by atoms with van der Waals surface area (Å²) in [6.07, 6.45) is 1.15. The lowest BCUT2D eigenvalue weighted by Crippen LogP contribution is -2.17. The van der Waals surface area contributed by atoms with Gasteiger partial charge < -0.3 is 4.74 Å².